The van der Waals surface area contributed by atoms with Crippen LogP contribution in [0.2, 0.25) is 0 Å². The number of nitriles is 1. The molecule has 0 spiro atoms. The lowest BCUT2D eigenvalue weighted by Gasteiger charge is -2.14. The zero-order valence-electron chi connectivity index (χ0n) is 16.2. The normalized spacial score (nSPS) is 15.1. The second-order valence-corrected chi connectivity index (χ2v) is 9.81. The van der Waals surface area contributed by atoms with E-state index in [1.165, 1.54) is 34.8 Å². The summed E-state index contributed by atoms with van der Waals surface area (Å²) in [5.74, 6) is -0.217. The number of aryl methyl sites for hydroxylation is 1. The number of fused-ring (bicyclic) bond motifs is 1. The van der Waals surface area contributed by atoms with Crippen LogP contribution in [-0.4, -0.2) is 20.9 Å². The summed E-state index contributed by atoms with van der Waals surface area (Å²) in [5.41, 5.74) is 2.54. The minimum atomic E-state index is -3.73. The summed E-state index contributed by atoms with van der Waals surface area (Å²) in [6.07, 6.45) is 5.24. The number of hydrogen-bond donors (Lipinski definition) is 3. The Balaban J connectivity index is 1.61. The quantitative estimate of drug-likeness (QED) is 0.605. The van der Waals surface area contributed by atoms with Gasteiger partial charge in [0.1, 0.15) is 11.1 Å². The number of primary sulfonamides is 1. The topological polar surface area (TPSA) is 125 Å². The summed E-state index contributed by atoms with van der Waals surface area (Å²) in [6.45, 7) is 1.96. The van der Waals surface area contributed by atoms with E-state index in [-0.39, 0.29) is 23.4 Å². The van der Waals surface area contributed by atoms with Crippen molar-refractivity contribution in [1.82, 2.24) is 5.32 Å². The van der Waals surface area contributed by atoms with Crippen molar-refractivity contribution >= 4 is 32.3 Å². The highest BCUT2D eigenvalue weighted by atomic mass is 32.2. The second-order valence-electron chi connectivity index (χ2n) is 7.15. The lowest BCUT2D eigenvalue weighted by molar-refractivity contribution is -0.115. The number of carbonyl (C=O) groups is 1. The molecule has 1 amide bonds. The second kappa shape index (κ2) is 9.05. The highest BCUT2D eigenvalue weighted by molar-refractivity contribution is 7.89. The number of hydrogen-bond acceptors (Lipinski definition) is 6. The van der Waals surface area contributed by atoms with Crippen LogP contribution in [0.15, 0.2) is 29.2 Å². The van der Waals surface area contributed by atoms with E-state index in [1.807, 2.05) is 6.92 Å². The van der Waals surface area contributed by atoms with Gasteiger partial charge in [0.2, 0.25) is 15.9 Å². The van der Waals surface area contributed by atoms with E-state index in [4.69, 9.17) is 5.14 Å². The zero-order chi connectivity index (χ0) is 21.0. The van der Waals surface area contributed by atoms with E-state index >= 15 is 0 Å². The molecule has 1 heterocycles. The first-order chi connectivity index (χ1) is 13.8. The number of anilines is 1. The van der Waals surface area contributed by atoms with Crippen molar-refractivity contribution in [2.45, 2.75) is 50.0 Å². The van der Waals surface area contributed by atoms with E-state index in [0.717, 1.165) is 36.8 Å². The van der Waals surface area contributed by atoms with E-state index in [2.05, 4.69) is 16.7 Å². The molecule has 0 radical (unpaired) electrons. The van der Waals surface area contributed by atoms with Crippen molar-refractivity contribution in [3.05, 3.63) is 45.8 Å². The predicted octanol–water partition coefficient (Wildman–Crippen LogP) is 2.83. The van der Waals surface area contributed by atoms with Crippen molar-refractivity contribution in [2.24, 2.45) is 5.14 Å². The molecule has 1 aliphatic carbocycles. The minimum absolute atomic E-state index is 0.0488. The van der Waals surface area contributed by atoms with Crippen LogP contribution in [0, 0.1) is 11.3 Å². The van der Waals surface area contributed by atoms with Gasteiger partial charge in [0.15, 0.2) is 0 Å². The largest absolute Gasteiger partial charge is 0.315 e. The Bertz CT molecular complexity index is 1040. The predicted molar refractivity (Wildman–Crippen MR) is 113 cm³/mol. The fourth-order valence-electron chi connectivity index (χ4n) is 3.43. The molecule has 0 saturated heterocycles. The van der Waals surface area contributed by atoms with Crippen molar-refractivity contribution in [2.75, 3.05) is 11.9 Å². The summed E-state index contributed by atoms with van der Waals surface area (Å²) < 4.78 is 22.7. The van der Waals surface area contributed by atoms with Gasteiger partial charge in [-0.3, -0.25) is 4.79 Å². The zero-order valence-corrected chi connectivity index (χ0v) is 17.8. The van der Waals surface area contributed by atoms with Crippen LogP contribution >= 0.6 is 11.3 Å². The third-order valence-electron chi connectivity index (χ3n) is 5.06. The number of benzene rings is 1. The summed E-state index contributed by atoms with van der Waals surface area (Å²) in [6, 6.07) is 8.32. The maximum Gasteiger partial charge on any atom is 0.238 e. The maximum atomic E-state index is 12.4. The SMILES string of the molecule is CC(NCC(=O)Nc1sc2c(c1C#N)CCCCC2)c1ccc(S(N)(=O)=O)cc1. The molecule has 154 valence electrons. The van der Waals surface area contributed by atoms with Gasteiger partial charge in [-0.2, -0.15) is 5.26 Å². The molecular formula is C20H24N4O3S2. The molecule has 1 aromatic carbocycles. The Labute approximate surface area is 175 Å². The number of nitrogens with two attached hydrogens (primary N) is 1. The first kappa shape index (κ1) is 21.5. The number of thiophene rings is 1. The summed E-state index contributed by atoms with van der Waals surface area (Å²) in [4.78, 5) is 13.7. The Kier molecular flexibility index (Phi) is 6.70. The average Bonchev–Trinajstić information content (AvgIpc) is 2.84. The van der Waals surface area contributed by atoms with Gasteiger partial charge in [-0.15, -0.1) is 11.3 Å². The monoisotopic (exact) mass is 432 g/mol. The highest BCUT2D eigenvalue weighted by Gasteiger charge is 2.21. The number of rotatable bonds is 6. The molecule has 0 aliphatic heterocycles. The van der Waals surface area contributed by atoms with Crippen molar-refractivity contribution in [1.29, 1.82) is 5.26 Å². The molecule has 29 heavy (non-hydrogen) atoms. The van der Waals surface area contributed by atoms with Gasteiger partial charge < -0.3 is 10.6 Å². The van der Waals surface area contributed by atoms with Gasteiger partial charge in [-0.05, 0) is 55.9 Å². The van der Waals surface area contributed by atoms with Gasteiger partial charge in [-0.1, -0.05) is 18.6 Å². The Morgan fingerprint density at radius 2 is 1.93 bits per heavy atom. The molecule has 1 aromatic heterocycles. The lowest BCUT2D eigenvalue weighted by Crippen LogP contribution is -2.30. The summed E-state index contributed by atoms with van der Waals surface area (Å²) in [7, 11) is -3.73. The van der Waals surface area contributed by atoms with Crippen LogP contribution in [0.1, 0.15) is 53.8 Å². The van der Waals surface area contributed by atoms with E-state index in [1.54, 1.807) is 12.1 Å². The van der Waals surface area contributed by atoms with Crippen LogP contribution < -0.4 is 15.8 Å². The van der Waals surface area contributed by atoms with Gasteiger partial charge in [-0.25, -0.2) is 13.6 Å². The maximum absolute atomic E-state index is 12.4. The number of amides is 1. The van der Waals surface area contributed by atoms with Gasteiger partial charge in [0, 0.05) is 10.9 Å². The van der Waals surface area contributed by atoms with E-state index in [0.29, 0.717) is 10.6 Å². The Hall–Kier alpha value is -2.25. The summed E-state index contributed by atoms with van der Waals surface area (Å²) >= 11 is 1.51. The van der Waals surface area contributed by atoms with Crippen LogP contribution in [0.4, 0.5) is 5.00 Å². The van der Waals surface area contributed by atoms with Crippen molar-refractivity contribution in [3.63, 3.8) is 0 Å². The van der Waals surface area contributed by atoms with Gasteiger partial charge in [0.25, 0.3) is 0 Å². The highest BCUT2D eigenvalue weighted by Crippen LogP contribution is 2.36. The number of nitrogens with zero attached hydrogens (tertiary/aromatic N) is 1. The van der Waals surface area contributed by atoms with Crippen LogP contribution in [0.3, 0.4) is 0 Å². The molecule has 9 heteroatoms. The minimum Gasteiger partial charge on any atom is -0.315 e. The first-order valence-electron chi connectivity index (χ1n) is 9.50. The fourth-order valence-corrected chi connectivity index (χ4v) is 5.20. The summed E-state index contributed by atoms with van der Waals surface area (Å²) in [5, 5.41) is 21.3. The van der Waals surface area contributed by atoms with Crippen molar-refractivity contribution < 1.29 is 13.2 Å². The Morgan fingerprint density at radius 1 is 1.24 bits per heavy atom. The molecule has 3 rings (SSSR count). The third-order valence-corrected chi connectivity index (χ3v) is 7.20. The molecule has 4 N–H and O–H groups in total. The Morgan fingerprint density at radius 3 is 2.59 bits per heavy atom. The standard InChI is InChI=1S/C20H24N4O3S2/c1-13(14-7-9-15(10-8-14)29(22,26)27)23-12-19(25)24-20-17(11-21)16-5-3-2-4-6-18(16)28-20/h7-10,13,23H,2-6,12H2,1H3,(H,24,25)(H2,22,26,27). The van der Waals surface area contributed by atoms with Gasteiger partial charge in [0.05, 0.1) is 17.0 Å². The number of carbonyl (C=O) groups excluding carboxylic acids is 1. The fraction of sp³-hybridized carbons (Fsp3) is 0.400. The smallest absolute Gasteiger partial charge is 0.238 e. The molecule has 0 bridgehead atoms. The van der Waals surface area contributed by atoms with Crippen LogP contribution in [0.5, 0.6) is 0 Å². The van der Waals surface area contributed by atoms with Crippen LogP contribution in [-0.2, 0) is 27.7 Å². The lowest BCUT2D eigenvalue weighted by atomic mass is 10.1. The number of sulfonamides is 1. The van der Waals surface area contributed by atoms with E-state index in [9.17, 15) is 18.5 Å². The molecular weight excluding hydrogens is 408 g/mol. The molecule has 0 saturated carbocycles. The number of nitrogens with one attached hydrogen (secondary N) is 2. The third kappa shape index (κ3) is 5.22. The first-order valence-corrected chi connectivity index (χ1v) is 11.9. The molecule has 2 aromatic rings. The van der Waals surface area contributed by atoms with Crippen LogP contribution in [0.25, 0.3) is 0 Å². The molecule has 7 nitrogen and oxygen atoms in total. The van der Waals surface area contributed by atoms with E-state index < -0.39 is 10.0 Å². The average molecular weight is 433 g/mol. The molecule has 0 fully saturated rings. The van der Waals surface area contributed by atoms with Gasteiger partial charge >= 0.3 is 0 Å². The molecule has 1 atom stereocenters. The molecule has 1 unspecified atom stereocenters. The molecule has 1 aliphatic rings. The van der Waals surface area contributed by atoms with Crippen molar-refractivity contribution in [3.8, 4) is 6.07 Å².